The van der Waals surface area contributed by atoms with Crippen molar-refractivity contribution in [3.05, 3.63) is 82.4 Å². The molecule has 0 amide bonds. The summed E-state index contributed by atoms with van der Waals surface area (Å²) < 4.78 is 0. The number of aliphatic hydroxyl groups is 1. The lowest BCUT2D eigenvalue weighted by atomic mass is 9.93. The number of rotatable bonds is 2. The number of hydrogen-bond donors (Lipinski definition) is 1. The van der Waals surface area contributed by atoms with Gasteiger partial charge in [-0.25, -0.2) is 0 Å². The average molecular weight is 274 g/mol. The molecule has 1 aliphatic carbocycles. The number of benzene rings is 3. The van der Waals surface area contributed by atoms with Crippen molar-refractivity contribution in [3.8, 4) is 0 Å². The molecule has 0 saturated carbocycles. The molecule has 0 aliphatic heterocycles. The number of hydrogen-bond acceptors (Lipinski definition) is 1. The maximum Gasteiger partial charge on any atom is 0.105 e. The SMILES string of the molecule is Cc1ccc([C@@H](O)c2ccc3c4c(cccc24)CC3)cc1. The van der Waals surface area contributed by atoms with Gasteiger partial charge >= 0.3 is 0 Å². The highest BCUT2D eigenvalue weighted by Crippen LogP contribution is 2.36. The van der Waals surface area contributed by atoms with E-state index in [1.807, 2.05) is 12.1 Å². The molecule has 1 aliphatic rings. The van der Waals surface area contributed by atoms with Crippen LogP contribution in [-0.4, -0.2) is 5.11 Å². The summed E-state index contributed by atoms with van der Waals surface area (Å²) in [6, 6.07) is 18.9. The summed E-state index contributed by atoms with van der Waals surface area (Å²) in [7, 11) is 0. The van der Waals surface area contributed by atoms with Gasteiger partial charge in [0.1, 0.15) is 6.10 Å². The minimum atomic E-state index is -0.560. The zero-order chi connectivity index (χ0) is 14.4. The molecule has 0 heterocycles. The van der Waals surface area contributed by atoms with Crippen LogP contribution in [0.2, 0.25) is 0 Å². The minimum Gasteiger partial charge on any atom is -0.384 e. The molecule has 3 aromatic carbocycles. The standard InChI is InChI=1S/C20H18O/c1-13-5-7-16(8-6-13)20(21)18-12-11-15-10-9-14-3-2-4-17(18)19(14)15/h2-8,11-12,20-21H,9-10H2,1H3/t20-/m1/s1. The maximum atomic E-state index is 10.8. The van der Waals surface area contributed by atoms with Crippen molar-refractivity contribution < 1.29 is 5.11 Å². The van der Waals surface area contributed by atoms with Crippen molar-refractivity contribution in [3.63, 3.8) is 0 Å². The van der Waals surface area contributed by atoms with Crippen molar-refractivity contribution in [2.75, 3.05) is 0 Å². The van der Waals surface area contributed by atoms with Crippen LogP contribution < -0.4 is 0 Å². The summed E-state index contributed by atoms with van der Waals surface area (Å²) in [6.45, 7) is 2.06. The fraction of sp³-hybridized carbons (Fsp3) is 0.200. The van der Waals surface area contributed by atoms with Crippen LogP contribution in [0.3, 0.4) is 0 Å². The van der Waals surface area contributed by atoms with Crippen LogP contribution >= 0.6 is 0 Å². The van der Waals surface area contributed by atoms with Gasteiger partial charge in [0, 0.05) is 0 Å². The molecule has 0 fully saturated rings. The first-order chi connectivity index (χ1) is 10.2. The lowest BCUT2D eigenvalue weighted by Gasteiger charge is -2.15. The highest BCUT2D eigenvalue weighted by Gasteiger charge is 2.19. The second-order valence-corrected chi connectivity index (χ2v) is 5.97. The Labute approximate surface area is 124 Å². The fourth-order valence-corrected chi connectivity index (χ4v) is 3.44. The van der Waals surface area contributed by atoms with E-state index in [1.165, 1.54) is 27.5 Å². The Hall–Kier alpha value is -2.12. The van der Waals surface area contributed by atoms with Crippen LogP contribution in [0.5, 0.6) is 0 Å². The van der Waals surface area contributed by atoms with Gasteiger partial charge in [-0.2, -0.15) is 0 Å². The fourth-order valence-electron chi connectivity index (χ4n) is 3.44. The Morgan fingerprint density at radius 3 is 2.33 bits per heavy atom. The van der Waals surface area contributed by atoms with Gasteiger partial charge in [-0.1, -0.05) is 60.2 Å². The molecule has 21 heavy (non-hydrogen) atoms. The van der Waals surface area contributed by atoms with Gasteiger partial charge in [-0.3, -0.25) is 0 Å². The Morgan fingerprint density at radius 2 is 1.57 bits per heavy atom. The van der Waals surface area contributed by atoms with Crippen molar-refractivity contribution in [2.45, 2.75) is 25.9 Å². The number of aryl methyl sites for hydroxylation is 3. The lowest BCUT2D eigenvalue weighted by Crippen LogP contribution is -2.01. The molecule has 0 bridgehead atoms. The van der Waals surface area contributed by atoms with E-state index in [0.717, 1.165) is 24.0 Å². The zero-order valence-electron chi connectivity index (χ0n) is 12.1. The third kappa shape index (κ3) is 1.97. The zero-order valence-corrected chi connectivity index (χ0v) is 12.1. The van der Waals surface area contributed by atoms with E-state index >= 15 is 0 Å². The maximum absolute atomic E-state index is 10.8. The molecule has 3 aromatic rings. The average Bonchev–Trinajstić information content (AvgIpc) is 2.93. The minimum absolute atomic E-state index is 0.560. The molecule has 1 nitrogen and oxygen atoms in total. The smallest absolute Gasteiger partial charge is 0.105 e. The summed E-state index contributed by atoms with van der Waals surface area (Å²) in [5.74, 6) is 0. The van der Waals surface area contributed by atoms with Crippen molar-refractivity contribution in [1.29, 1.82) is 0 Å². The molecule has 4 rings (SSSR count). The van der Waals surface area contributed by atoms with Gasteiger partial charge in [0.2, 0.25) is 0 Å². The van der Waals surface area contributed by atoms with Gasteiger partial charge < -0.3 is 5.11 Å². The summed E-state index contributed by atoms with van der Waals surface area (Å²) >= 11 is 0. The van der Waals surface area contributed by atoms with E-state index in [4.69, 9.17) is 0 Å². The molecule has 1 N–H and O–H groups in total. The molecule has 1 heteroatoms. The van der Waals surface area contributed by atoms with E-state index in [9.17, 15) is 5.11 Å². The topological polar surface area (TPSA) is 20.2 Å². The molecular formula is C20H18O. The second kappa shape index (κ2) is 4.71. The van der Waals surface area contributed by atoms with E-state index in [2.05, 4.69) is 49.4 Å². The van der Waals surface area contributed by atoms with E-state index < -0.39 is 6.10 Å². The highest BCUT2D eigenvalue weighted by molar-refractivity contribution is 5.93. The van der Waals surface area contributed by atoms with Crippen LogP contribution in [0.4, 0.5) is 0 Å². The van der Waals surface area contributed by atoms with Crippen molar-refractivity contribution >= 4 is 10.8 Å². The molecule has 0 aromatic heterocycles. The van der Waals surface area contributed by atoms with Gasteiger partial charge in [0.25, 0.3) is 0 Å². The summed E-state index contributed by atoms with van der Waals surface area (Å²) in [6.07, 6.45) is 1.68. The normalized spacial score (nSPS) is 14.6. The summed E-state index contributed by atoms with van der Waals surface area (Å²) in [5, 5.41) is 13.3. The Kier molecular flexibility index (Phi) is 2.83. The molecule has 0 saturated heterocycles. The van der Waals surface area contributed by atoms with Crippen LogP contribution in [-0.2, 0) is 12.8 Å². The predicted octanol–water partition coefficient (Wildman–Crippen LogP) is 4.33. The molecular weight excluding hydrogens is 256 g/mol. The second-order valence-electron chi connectivity index (χ2n) is 5.97. The first kappa shape index (κ1) is 12.6. The Morgan fingerprint density at radius 1 is 0.857 bits per heavy atom. The molecule has 104 valence electrons. The van der Waals surface area contributed by atoms with Crippen LogP contribution in [0.1, 0.15) is 33.9 Å². The van der Waals surface area contributed by atoms with E-state index in [1.54, 1.807) is 0 Å². The third-order valence-electron chi connectivity index (χ3n) is 4.60. The first-order valence-corrected chi connectivity index (χ1v) is 7.52. The van der Waals surface area contributed by atoms with E-state index in [0.29, 0.717) is 0 Å². The molecule has 0 spiro atoms. The van der Waals surface area contributed by atoms with Gasteiger partial charge in [-0.05, 0) is 52.8 Å². The monoisotopic (exact) mass is 274 g/mol. The molecule has 1 atom stereocenters. The van der Waals surface area contributed by atoms with Gasteiger partial charge in [0.15, 0.2) is 0 Å². The Bertz CT molecular complexity index is 805. The highest BCUT2D eigenvalue weighted by atomic mass is 16.3. The third-order valence-corrected chi connectivity index (χ3v) is 4.60. The molecule has 0 unspecified atom stereocenters. The quantitative estimate of drug-likeness (QED) is 0.737. The number of aliphatic hydroxyl groups excluding tert-OH is 1. The van der Waals surface area contributed by atoms with Gasteiger partial charge in [0.05, 0.1) is 0 Å². The summed E-state index contributed by atoms with van der Waals surface area (Å²) in [4.78, 5) is 0. The summed E-state index contributed by atoms with van der Waals surface area (Å²) in [5.41, 5.74) is 6.02. The van der Waals surface area contributed by atoms with Gasteiger partial charge in [-0.15, -0.1) is 0 Å². The van der Waals surface area contributed by atoms with Crippen molar-refractivity contribution in [1.82, 2.24) is 0 Å². The first-order valence-electron chi connectivity index (χ1n) is 7.52. The van der Waals surface area contributed by atoms with Crippen LogP contribution in [0.25, 0.3) is 10.8 Å². The van der Waals surface area contributed by atoms with Crippen molar-refractivity contribution in [2.24, 2.45) is 0 Å². The van der Waals surface area contributed by atoms with Crippen LogP contribution in [0.15, 0.2) is 54.6 Å². The molecule has 0 radical (unpaired) electrons. The lowest BCUT2D eigenvalue weighted by molar-refractivity contribution is 0.222. The predicted molar refractivity (Wildman–Crippen MR) is 86.6 cm³/mol. The van der Waals surface area contributed by atoms with E-state index in [-0.39, 0.29) is 0 Å². The Balaban J connectivity index is 1.89. The largest absolute Gasteiger partial charge is 0.384 e. The van der Waals surface area contributed by atoms with Crippen LogP contribution in [0, 0.1) is 6.92 Å².